The number of hydrogen-bond acceptors (Lipinski definition) is 5. The summed E-state index contributed by atoms with van der Waals surface area (Å²) in [6.45, 7) is 2.81. The Labute approximate surface area is 175 Å². The Hall–Kier alpha value is -2.74. The van der Waals surface area contributed by atoms with Crippen LogP contribution in [-0.4, -0.2) is 60.3 Å². The van der Waals surface area contributed by atoms with Crippen LogP contribution in [-0.2, 0) is 24.1 Å². The van der Waals surface area contributed by atoms with E-state index in [0.717, 1.165) is 0 Å². The maximum atomic E-state index is 12.8. The quantitative estimate of drug-likeness (QED) is 0.680. The highest BCUT2D eigenvalue weighted by Crippen LogP contribution is 2.22. The average molecular weight is 409 g/mol. The minimum absolute atomic E-state index is 0.102. The number of nitrogens with zero attached hydrogens (tertiary/aromatic N) is 1. The van der Waals surface area contributed by atoms with E-state index in [0.29, 0.717) is 56.0 Å². The third-order valence-electron chi connectivity index (χ3n) is 5.92. The van der Waals surface area contributed by atoms with E-state index in [2.05, 4.69) is 17.4 Å². The Bertz CT molecular complexity index is 940. The number of carbonyl (C=O) groups excluding carboxylic acids is 2. The van der Waals surface area contributed by atoms with Crippen molar-refractivity contribution in [1.82, 2.24) is 10.2 Å². The number of morpholine rings is 1. The summed E-state index contributed by atoms with van der Waals surface area (Å²) in [4.78, 5) is 26.5. The fourth-order valence-electron chi connectivity index (χ4n) is 4.20. The molecule has 7 nitrogen and oxygen atoms in total. The second-order valence-electron chi connectivity index (χ2n) is 7.87. The zero-order chi connectivity index (χ0) is 21.1. The topological polar surface area (TPSA) is 105 Å². The molecule has 1 fully saturated rings. The second-order valence-corrected chi connectivity index (χ2v) is 7.87. The van der Waals surface area contributed by atoms with Gasteiger partial charge in [-0.15, -0.1) is 0 Å². The molecule has 7 heteroatoms. The van der Waals surface area contributed by atoms with E-state index in [-0.39, 0.29) is 18.4 Å². The number of carbonyl (C=O) groups is 2. The van der Waals surface area contributed by atoms with Crippen molar-refractivity contribution in [3.05, 3.63) is 70.3 Å². The number of rotatable bonds is 5. The van der Waals surface area contributed by atoms with Crippen LogP contribution in [0.25, 0.3) is 0 Å². The average Bonchev–Trinajstić information content (AvgIpc) is 2.78. The summed E-state index contributed by atoms with van der Waals surface area (Å²) in [5, 5.41) is 14.3. The van der Waals surface area contributed by atoms with Gasteiger partial charge in [-0.2, -0.15) is 0 Å². The van der Waals surface area contributed by atoms with Gasteiger partial charge in [0.05, 0.1) is 19.3 Å². The number of ether oxygens (including phenoxy) is 1. The Morgan fingerprint density at radius 1 is 1.17 bits per heavy atom. The van der Waals surface area contributed by atoms with Gasteiger partial charge < -0.3 is 25.8 Å². The molecule has 0 bridgehead atoms. The van der Waals surface area contributed by atoms with Crippen molar-refractivity contribution in [3.8, 4) is 0 Å². The minimum atomic E-state index is -0.717. The third kappa shape index (κ3) is 4.38. The number of nitrogens with two attached hydrogens (primary N) is 1. The molecule has 2 heterocycles. The molecule has 0 saturated carbocycles. The predicted octanol–water partition coefficient (Wildman–Crippen LogP) is 0.876. The molecule has 2 aliphatic heterocycles. The van der Waals surface area contributed by atoms with Crippen LogP contribution in [0, 0.1) is 0 Å². The fourth-order valence-corrected chi connectivity index (χ4v) is 4.20. The molecule has 2 amide bonds. The Kier molecular flexibility index (Phi) is 6.13. The first kappa shape index (κ1) is 20.5. The number of primary amides is 1. The lowest BCUT2D eigenvalue weighted by Gasteiger charge is -2.30. The number of fused-ring (bicyclic) bond motifs is 1. The largest absolute Gasteiger partial charge is 0.391 e. The standard InChI is InChI=1S/C23H27N3O4/c24-22(28)19-6-5-16(23(29)26-7-9-30-10-8-26)11-18(19)13-21(27)20-12-15-3-1-2-4-17(15)14-25-20/h1-6,11,20-21,25,27H,7-10,12-14H2,(H2,24,28)/t20-,21-/m0/s1. The van der Waals surface area contributed by atoms with Gasteiger partial charge in [-0.3, -0.25) is 9.59 Å². The number of hydrogen-bond donors (Lipinski definition) is 3. The molecule has 0 spiro atoms. The summed E-state index contributed by atoms with van der Waals surface area (Å²) in [6.07, 6.45) is 0.225. The number of amides is 2. The van der Waals surface area contributed by atoms with Crippen molar-refractivity contribution in [1.29, 1.82) is 0 Å². The predicted molar refractivity (Wildman–Crippen MR) is 112 cm³/mol. The van der Waals surface area contributed by atoms with Crippen LogP contribution < -0.4 is 11.1 Å². The van der Waals surface area contributed by atoms with E-state index in [1.54, 1.807) is 23.1 Å². The molecule has 2 atom stereocenters. The summed E-state index contributed by atoms with van der Waals surface area (Å²) in [5.74, 6) is -0.667. The van der Waals surface area contributed by atoms with Gasteiger partial charge in [0.25, 0.3) is 5.91 Å². The maximum Gasteiger partial charge on any atom is 0.254 e. The summed E-state index contributed by atoms with van der Waals surface area (Å²) < 4.78 is 5.31. The van der Waals surface area contributed by atoms with Gasteiger partial charge in [-0.05, 0) is 41.3 Å². The Morgan fingerprint density at radius 3 is 2.63 bits per heavy atom. The van der Waals surface area contributed by atoms with Gasteiger partial charge in [0.15, 0.2) is 0 Å². The van der Waals surface area contributed by atoms with Crippen molar-refractivity contribution >= 4 is 11.8 Å². The van der Waals surface area contributed by atoms with Crippen LogP contribution in [0.4, 0.5) is 0 Å². The molecular formula is C23H27N3O4. The van der Waals surface area contributed by atoms with E-state index in [1.807, 2.05) is 12.1 Å². The first-order valence-electron chi connectivity index (χ1n) is 10.3. The highest BCUT2D eigenvalue weighted by Gasteiger charge is 2.26. The lowest BCUT2D eigenvalue weighted by molar-refractivity contribution is 0.0302. The number of aliphatic hydroxyl groups is 1. The lowest BCUT2D eigenvalue weighted by atomic mass is 9.89. The molecule has 2 aromatic rings. The molecule has 30 heavy (non-hydrogen) atoms. The number of aliphatic hydroxyl groups excluding tert-OH is 1. The Morgan fingerprint density at radius 2 is 1.90 bits per heavy atom. The van der Waals surface area contributed by atoms with Crippen LogP contribution >= 0.6 is 0 Å². The van der Waals surface area contributed by atoms with Crippen molar-refractivity contribution in [2.24, 2.45) is 5.73 Å². The Balaban J connectivity index is 1.53. The normalized spacial score (nSPS) is 19.8. The van der Waals surface area contributed by atoms with Crippen LogP contribution in [0.5, 0.6) is 0 Å². The van der Waals surface area contributed by atoms with Crippen LogP contribution in [0.15, 0.2) is 42.5 Å². The third-order valence-corrected chi connectivity index (χ3v) is 5.92. The minimum Gasteiger partial charge on any atom is -0.391 e. The molecule has 2 aliphatic rings. The SMILES string of the molecule is NC(=O)c1ccc(C(=O)N2CCOCC2)cc1C[C@H](O)[C@@H]1Cc2ccccc2CN1. The van der Waals surface area contributed by atoms with Crippen molar-refractivity contribution < 1.29 is 19.4 Å². The molecule has 1 saturated heterocycles. The summed E-state index contributed by atoms with van der Waals surface area (Å²) >= 11 is 0. The highest BCUT2D eigenvalue weighted by molar-refractivity contribution is 5.98. The molecule has 158 valence electrons. The summed E-state index contributed by atoms with van der Waals surface area (Å²) in [6, 6.07) is 12.9. The van der Waals surface area contributed by atoms with E-state index >= 15 is 0 Å². The molecule has 2 aromatic carbocycles. The number of nitrogens with one attached hydrogen (secondary N) is 1. The van der Waals surface area contributed by atoms with Crippen LogP contribution in [0.1, 0.15) is 37.4 Å². The molecule has 0 unspecified atom stereocenters. The lowest BCUT2D eigenvalue weighted by Crippen LogP contribution is -2.45. The zero-order valence-corrected chi connectivity index (χ0v) is 16.8. The van der Waals surface area contributed by atoms with Gasteiger partial charge in [0.1, 0.15) is 0 Å². The molecule has 0 radical (unpaired) electrons. The number of benzene rings is 2. The van der Waals surface area contributed by atoms with Crippen molar-refractivity contribution in [3.63, 3.8) is 0 Å². The van der Waals surface area contributed by atoms with E-state index in [9.17, 15) is 14.7 Å². The zero-order valence-electron chi connectivity index (χ0n) is 16.8. The van der Waals surface area contributed by atoms with Gasteiger partial charge in [-0.1, -0.05) is 24.3 Å². The molecule has 0 aromatic heterocycles. The molecule has 4 rings (SSSR count). The van der Waals surface area contributed by atoms with Crippen LogP contribution in [0.2, 0.25) is 0 Å². The first-order chi connectivity index (χ1) is 14.5. The van der Waals surface area contributed by atoms with Crippen molar-refractivity contribution in [2.45, 2.75) is 31.5 Å². The summed E-state index contributed by atoms with van der Waals surface area (Å²) in [5.41, 5.74) is 9.42. The van der Waals surface area contributed by atoms with Gasteiger partial charge in [-0.25, -0.2) is 0 Å². The van der Waals surface area contributed by atoms with E-state index in [1.165, 1.54) is 11.1 Å². The second kappa shape index (κ2) is 8.95. The molecule has 4 N–H and O–H groups in total. The van der Waals surface area contributed by atoms with Crippen molar-refractivity contribution in [2.75, 3.05) is 26.3 Å². The van der Waals surface area contributed by atoms with E-state index < -0.39 is 12.0 Å². The van der Waals surface area contributed by atoms with Gasteiger partial charge in [0, 0.05) is 43.2 Å². The van der Waals surface area contributed by atoms with Gasteiger partial charge >= 0.3 is 0 Å². The van der Waals surface area contributed by atoms with E-state index in [4.69, 9.17) is 10.5 Å². The fraction of sp³-hybridized carbons (Fsp3) is 0.391. The highest BCUT2D eigenvalue weighted by atomic mass is 16.5. The van der Waals surface area contributed by atoms with Crippen LogP contribution in [0.3, 0.4) is 0 Å². The first-order valence-corrected chi connectivity index (χ1v) is 10.3. The summed E-state index contributed by atoms with van der Waals surface area (Å²) in [7, 11) is 0. The monoisotopic (exact) mass is 409 g/mol. The molecular weight excluding hydrogens is 382 g/mol. The smallest absolute Gasteiger partial charge is 0.254 e. The molecule has 0 aliphatic carbocycles. The maximum absolute atomic E-state index is 12.8. The van der Waals surface area contributed by atoms with Gasteiger partial charge in [0.2, 0.25) is 5.91 Å².